The second kappa shape index (κ2) is 7.11. The number of hydrogen-bond donors (Lipinski definition) is 1. The lowest BCUT2D eigenvalue weighted by atomic mass is 10.2. The van der Waals surface area contributed by atoms with Crippen molar-refractivity contribution in [3.8, 4) is 5.75 Å². The van der Waals surface area contributed by atoms with E-state index in [9.17, 15) is 4.79 Å². The Morgan fingerprint density at radius 1 is 1.38 bits per heavy atom. The number of benzene rings is 1. The lowest BCUT2D eigenvalue weighted by Gasteiger charge is -2.07. The molecule has 1 aromatic heterocycles. The number of anilines is 1. The maximum Gasteiger partial charge on any atom is 0.248 e. The number of nitrogens with zero attached hydrogens (tertiary/aromatic N) is 1. The average Bonchev–Trinajstić information content (AvgIpc) is 2.45. The number of methoxy groups -OCH3 is 1. The molecule has 2 aromatic rings. The molecule has 0 saturated heterocycles. The number of aromatic nitrogens is 1. The Balaban J connectivity index is 2.16. The Bertz CT molecular complexity index is 673. The van der Waals surface area contributed by atoms with Crippen molar-refractivity contribution in [1.82, 2.24) is 4.98 Å². The molecular weight excluding hydrogens is 311 g/mol. The summed E-state index contributed by atoms with van der Waals surface area (Å²) in [6.45, 7) is 0. The zero-order chi connectivity index (χ0) is 15.2. The van der Waals surface area contributed by atoms with Gasteiger partial charge in [0, 0.05) is 22.9 Å². The third kappa shape index (κ3) is 4.21. The van der Waals surface area contributed by atoms with E-state index in [4.69, 9.17) is 27.9 Å². The summed E-state index contributed by atoms with van der Waals surface area (Å²) < 4.78 is 5.20. The molecule has 0 unspecified atom stereocenters. The summed E-state index contributed by atoms with van der Waals surface area (Å²) >= 11 is 12.0. The first-order valence-electron chi connectivity index (χ1n) is 6.02. The van der Waals surface area contributed by atoms with Gasteiger partial charge in [0.1, 0.15) is 5.75 Å². The van der Waals surface area contributed by atoms with Crippen molar-refractivity contribution in [2.45, 2.75) is 0 Å². The minimum Gasteiger partial charge on any atom is -0.495 e. The fraction of sp³-hybridized carbons (Fsp3) is 0.0667. The lowest BCUT2D eigenvalue weighted by molar-refractivity contribution is -0.111. The highest BCUT2D eigenvalue weighted by molar-refractivity contribution is 6.36. The van der Waals surface area contributed by atoms with Crippen LogP contribution in [-0.2, 0) is 4.79 Å². The number of carbonyl (C=O) groups excluding carboxylic acids is 1. The summed E-state index contributed by atoms with van der Waals surface area (Å²) in [5, 5.41) is 3.54. The standard InChI is InChI=1S/C15H12Cl2N2O2/c1-21-15-10(7-11(16)8-13(15)17)4-5-14(20)19-12-3-2-6-18-9-12/h2-9H,1H3,(H,19,20)/b5-4+. The maximum atomic E-state index is 11.8. The molecule has 0 fully saturated rings. The molecule has 1 N–H and O–H groups in total. The van der Waals surface area contributed by atoms with Gasteiger partial charge >= 0.3 is 0 Å². The molecule has 108 valence electrons. The van der Waals surface area contributed by atoms with Crippen LogP contribution in [0.15, 0.2) is 42.7 Å². The van der Waals surface area contributed by atoms with E-state index in [-0.39, 0.29) is 5.91 Å². The normalized spacial score (nSPS) is 10.6. The van der Waals surface area contributed by atoms with Crippen LogP contribution in [-0.4, -0.2) is 18.0 Å². The zero-order valence-electron chi connectivity index (χ0n) is 11.1. The molecule has 0 spiro atoms. The van der Waals surface area contributed by atoms with Crippen LogP contribution in [0.25, 0.3) is 6.08 Å². The molecule has 1 heterocycles. The lowest BCUT2D eigenvalue weighted by Crippen LogP contribution is -2.07. The van der Waals surface area contributed by atoms with Gasteiger partial charge in [0.15, 0.2) is 0 Å². The van der Waals surface area contributed by atoms with Gasteiger partial charge in [-0.25, -0.2) is 0 Å². The van der Waals surface area contributed by atoms with Gasteiger partial charge in [-0.05, 0) is 30.3 Å². The molecule has 1 aromatic carbocycles. The van der Waals surface area contributed by atoms with Gasteiger partial charge in [0.25, 0.3) is 0 Å². The highest BCUT2D eigenvalue weighted by atomic mass is 35.5. The first-order chi connectivity index (χ1) is 10.1. The summed E-state index contributed by atoms with van der Waals surface area (Å²) in [5.74, 6) is 0.174. The van der Waals surface area contributed by atoms with Gasteiger partial charge < -0.3 is 10.1 Å². The topological polar surface area (TPSA) is 51.2 Å². The molecule has 1 amide bonds. The number of pyridine rings is 1. The van der Waals surface area contributed by atoms with Gasteiger partial charge in [-0.3, -0.25) is 9.78 Å². The van der Waals surface area contributed by atoms with Gasteiger partial charge in [-0.2, -0.15) is 0 Å². The smallest absolute Gasteiger partial charge is 0.248 e. The van der Waals surface area contributed by atoms with Gasteiger partial charge in [0.05, 0.1) is 24.0 Å². The first kappa shape index (κ1) is 15.4. The van der Waals surface area contributed by atoms with Crippen LogP contribution in [0, 0.1) is 0 Å². The zero-order valence-corrected chi connectivity index (χ0v) is 12.7. The number of hydrogen-bond acceptors (Lipinski definition) is 3. The molecule has 2 rings (SSSR count). The van der Waals surface area contributed by atoms with E-state index in [2.05, 4.69) is 10.3 Å². The molecule has 0 aliphatic heterocycles. The van der Waals surface area contributed by atoms with Gasteiger partial charge in [0.2, 0.25) is 5.91 Å². The SMILES string of the molecule is COc1c(Cl)cc(Cl)cc1/C=C/C(=O)Nc1cccnc1. The summed E-state index contributed by atoms with van der Waals surface area (Å²) in [6.07, 6.45) is 6.15. The van der Waals surface area contributed by atoms with E-state index in [0.717, 1.165) is 0 Å². The van der Waals surface area contributed by atoms with Crippen molar-refractivity contribution in [3.63, 3.8) is 0 Å². The molecule has 0 aliphatic carbocycles. The highest BCUT2D eigenvalue weighted by Crippen LogP contribution is 2.32. The Labute approximate surface area is 132 Å². The molecule has 0 bridgehead atoms. The largest absolute Gasteiger partial charge is 0.495 e. The second-order valence-corrected chi connectivity index (χ2v) is 4.92. The first-order valence-corrected chi connectivity index (χ1v) is 6.78. The summed E-state index contributed by atoms with van der Waals surface area (Å²) in [4.78, 5) is 15.7. The number of ether oxygens (including phenoxy) is 1. The van der Waals surface area contributed by atoms with E-state index < -0.39 is 0 Å². The van der Waals surface area contributed by atoms with Crippen molar-refractivity contribution < 1.29 is 9.53 Å². The van der Waals surface area contributed by atoms with Crippen LogP contribution in [0.5, 0.6) is 5.75 Å². The minimum absolute atomic E-state index is 0.291. The van der Waals surface area contributed by atoms with Crippen molar-refractivity contribution in [2.75, 3.05) is 12.4 Å². The van der Waals surface area contributed by atoms with Crippen molar-refractivity contribution in [3.05, 3.63) is 58.3 Å². The van der Waals surface area contributed by atoms with Crippen LogP contribution in [0.3, 0.4) is 0 Å². The third-order valence-electron chi connectivity index (χ3n) is 2.58. The van der Waals surface area contributed by atoms with Crippen LogP contribution in [0.4, 0.5) is 5.69 Å². The molecular formula is C15H12Cl2N2O2. The Morgan fingerprint density at radius 3 is 2.86 bits per heavy atom. The number of carbonyl (C=O) groups is 1. The fourth-order valence-electron chi connectivity index (χ4n) is 1.71. The molecule has 0 radical (unpaired) electrons. The summed E-state index contributed by atoms with van der Waals surface area (Å²) in [5.41, 5.74) is 1.24. The van der Waals surface area contributed by atoms with Crippen molar-refractivity contribution in [2.24, 2.45) is 0 Å². The molecule has 6 heteroatoms. The van der Waals surface area contributed by atoms with E-state index >= 15 is 0 Å². The van der Waals surface area contributed by atoms with E-state index in [1.165, 1.54) is 13.2 Å². The van der Waals surface area contributed by atoms with Crippen molar-refractivity contribution >= 4 is 40.9 Å². The van der Waals surface area contributed by atoms with E-state index in [1.54, 1.807) is 42.7 Å². The molecule has 0 atom stereocenters. The third-order valence-corrected chi connectivity index (χ3v) is 3.08. The van der Waals surface area contributed by atoms with E-state index in [1.807, 2.05) is 0 Å². The molecule has 0 aliphatic rings. The van der Waals surface area contributed by atoms with E-state index in [0.29, 0.717) is 27.0 Å². The molecule has 4 nitrogen and oxygen atoms in total. The monoisotopic (exact) mass is 322 g/mol. The molecule has 0 saturated carbocycles. The minimum atomic E-state index is -0.291. The van der Waals surface area contributed by atoms with Crippen LogP contribution < -0.4 is 10.1 Å². The quantitative estimate of drug-likeness (QED) is 0.864. The summed E-state index contributed by atoms with van der Waals surface area (Å²) in [7, 11) is 1.50. The predicted molar refractivity (Wildman–Crippen MR) is 84.9 cm³/mol. The number of amides is 1. The van der Waals surface area contributed by atoms with Gasteiger partial charge in [-0.1, -0.05) is 23.2 Å². The summed E-state index contributed by atoms with van der Waals surface area (Å²) in [6, 6.07) is 6.73. The number of halogens is 2. The number of rotatable bonds is 4. The molecule has 21 heavy (non-hydrogen) atoms. The Kier molecular flexibility index (Phi) is 5.20. The Hall–Kier alpha value is -2.04. The Morgan fingerprint density at radius 2 is 2.19 bits per heavy atom. The number of nitrogens with one attached hydrogen (secondary N) is 1. The van der Waals surface area contributed by atoms with Crippen LogP contribution >= 0.6 is 23.2 Å². The van der Waals surface area contributed by atoms with Crippen LogP contribution in [0.2, 0.25) is 10.0 Å². The second-order valence-electron chi connectivity index (χ2n) is 4.07. The highest BCUT2D eigenvalue weighted by Gasteiger charge is 2.08. The van der Waals surface area contributed by atoms with Crippen LogP contribution in [0.1, 0.15) is 5.56 Å². The predicted octanol–water partition coefficient (Wildman–Crippen LogP) is 4.05. The van der Waals surface area contributed by atoms with Gasteiger partial charge in [-0.15, -0.1) is 0 Å². The average molecular weight is 323 g/mol. The van der Waals surface area contributed by atoms with Crippen molar-refractivity contribution in [1.29, 1.82) is 0 Å². The maximum absolute atomic E-state index is 11.8. The fourth-order valence-corrected chi connectivity index (χ4v) is 2.29.